The molecule has 0 radical (unpaired) electrons. The first-order valence-electron chi connectivity index (χ1n) is 7.71. The van der Waals surface area contributed by atoms with Gasteiger partial charge in [-0.25, -0.2) is 4.79 Å². The number of benzene rings is 2. The molecule has 0 aromatic heterocycles. The maximum Gasteiger partial charge on any atom is 0.337 e. The standard InChI is InChI=1S/C19H21NO5/c1-20(12-14-4-6-15(7-5-14)19(22)24-3)18(21)13-25-17-10-8-16(23-2)9-11-17/h4-11H,12-13H2,1-3H3. The lowest BCUT2D eigenvalue weighted by Crippen LogP contribution is -2.30. The molecule has 0 spiro atoms. The zero-order valence-corrected chi connectivity index (χ0v) is 14.5. The molecule has 2 aromatic rings. The Morgan fingerprint density at radius 2 is 1.52 bits per heavy atom. The summed E-state index contributed by atoms with van der Waals surface area (Å²) in [5.74, 6) is 0.799. The smallest absolute Gasteiger partial charge is 0.337 e. The van der Waals surface area contributed by atoms with Crippen LogP contribution in [0.4, 0.5) is 0 Å². The van der Waals surface area contributed by atoms with Crippen molar-refractivity contribution >= 4 is 11.9 Å². The summed E-state index contributed by atoms with van der Waals surface area (Å²) in [5.41, 5.74) is 1.39. The molecular formula is C19H21NO5. The van der Waals surface area contributed by atoms with E-state index < -0.39 is 0 Å². The Bertz CT molecular complexity index is 710. The highest BCUT2D eigenvalue weighted by Crippen LogP contribution is 2.17. The van der Waals surface area contributed by atoms with Gasteiger partial charge in [0.15, 0.2) is 6.61 Å². The van der Waals surface area contributed by atoms with E-state index in [4.69, 9.17) is 9.47 Å². The van der Waals surface area contributed by atoms with Crippen molar-refractivity contribution in [3.63, 3.8) is 0 Å². The molecule has 0 heterocycles. The first-order chi connectivity index (χ1) is 12.0. The van der Waals surface area contributed by atoms with E-state index in [9.17, 15) is 9.59 Å². The summed E-state index contributed by atoms with van der Waals surface area (Å²) in [5, 5.41) is 0. The van der Waals surface area contributed by atoms with Crippen molar-refractivity contribution in [2.45, 2.75) is 6.54 Å². The Morgan fingerprint density at radius 1 is 0.920 bits per heavy atom. The fourth-order valence-corrected chi connectivity index (χ4v) is 2.15. The topological polar surface area (TPSA) is 65.1 Å². The average Bonchev–Trinajstić information content (AvgIpc) is 2.66. The van der Waals surface area contributed by atoms with Crippen molar-refractivity contribution in [2.75, 3.05) is 27.9 Å². The molecule has 6 nitrogen and oxygen atoms in total. The summed E-state index contributed by atoms with van der Waals surface area (Å²) < 4.78 is 15.2. The summed E-state index contributed by atoms with van der Waals surface area (Å²) in [6.45, 7) is 0.370. The number of ether oxygens (including phenoxy) is 3. The summed E-state index contributed by atoms with van der Waals surface area (Å²) >= 11 is 0. The maximum atomic E-state index is 12.2. The molecule has 25 heavy (non-hydrogen) atoms. The van der Waals surface area contributed by atoms with Gasteiger partial charge in [-0.2, -0.15) is 0 Å². The van der Waals surface area contributed by atoms with Crippen LogP contribution in [0, 0.1) is 0 Å². The Balaban J connectivity index is 1.85. The predicted molar refractivity (Wildman–Crippen MR) is 92.7 cm³/mol. The van der Waals surface area contributed by atoms with Crippen LogP contribution in [0.2, 0.25) is 0 Å². The predicted octanol–water partition coefficient (Wildman–Crippen LogP) is 2.52. The first kappa shape index (κ1) is 18.3. The lowest BCUT2D eigenvalue weighted by molar-refractivity contribution is -0.132. The number of carbonyl (C=O) groups is 2. The number of esters is 1. The second-order valence-corrected chi connectivity index (χ2v) is 5.40. The molecule has 0 unspecified atom stereocenters. The van der Waals surface area contributed by atoms with E-state index in [1.165, 1.54) is 7.11 Å². The van der Waals surface area contributed by atoms with Crippen molar-refractivity contribution in [3.8, 4) is 11.5 Å². The van der Waals surface area contributed by atoms with Crippen LogP contribution in [-0.2, 0) is 16.1 Å². The van der Waals surface area contributed by atoms with Crippen LogP contribution >= 0.6 is 0 Å². The molecule has 0 atom stereocenters. The fourth-order valence-electron chi connectivity index (χ4n) is 2.15. The maximum absolute atomic E-state index is 12.2. The van der Waals surface area contributed by atoms with Gasteiger partial charge >= 0.3 is 5.97 Å². The SMILES string of the molecule is COC(=O)c1ccc(CN(C)C(=O)COc2ccc(OC)cc2)cc1. The van der Waals surface area contributed by atoms with Gasteiger partial charge in [0.05, 0.1) is 19.8 Å². The highest BCUT2D eigenvalue weighted by Gasteiger charge is 2.11. The highest BCUT2D eigenvalue weighted by molar-refractivity contribution is 5.89. The Morgan fingerprint density at radius 3 is 2.08 bits per heavy atom. The Hall–Kier alpha value is -3.02. The van der Waals surface area contributed by atoms with Crippen molar-refractivity contribution < 1.29 is 23.8 Å². The number of likely N-dealkylation sites (N-methyl/N-ethyl adjacent to an activating group) is 1. The van der Waals surface area contributed by atoms with E-state index in [2.05, 4.69) is 4.74 Å². The second kappa shape index (κ2) is 8.73. The lowest BCUT2D eigenvalue weighted by Gasteiger charge is -2.18. The Kier molecular flexibility index (Phi) is 6.39. The molecule has 0 saturated carbocycles. The van der Waals surface area contributed by atoms with Crippen LogP contribution in [-0.4, -0.2) is 44.7 Å². The van der Waals surface area contributed by atoms with Crippen LogP contribution < -0.4 is 9.47 Å². The molecular weight excluding hydrogens is 322 g/mol. The molecule has 0 fully saturated rings. The van der Waals surface area contributed by atoms with Gasteiger partial charge in [0.2, 0.25) is 0 Å². The van der Waals surface area contributed by atoms with Crippen LogP contribution in [0.3, 0.4) is 0 Å². The number of hydrogen-bond donors (Lipinski definition) is 0. The number of rotatable bonds is 7. The minimum Gasteiger partial charge on any atom is -0.497 e. The fraction of sp³-hybridized carbons (Fsp3) is 0.263. The molecule has 0 aliphatic carbocycles. The molecule has 1 amide bonds. The molecule has 0 aliphatic heterocycles. The molecule has 0 bridgehead atoms. The third-order valence-corrected chi connectivity index (χ3v) is 3.64. The van der Waals surface area contributed by atoms with Crippen LogP contribution in [0.25, 0.3) is 0 Å². The molecule has 2 aromatic carbocycles. The van der Waals surface area contributed by atoms with Crippen molar-refractivity contribution in [1.82, 2.24) is 4.90 Å². The van der Waals surface area contributed by atoms with Gasteiger partial charge in [0.1, 0.15) is 11.5 Å². The minimum atomic E-state index is -0.385. The normalized spacial score (nSPS) is 10.0. The van der Waals surface area contributed by atoms with Gasteiger partial charge in [-0.15, -0.1) is 0 Å². The summed E-state index contributed by atoms with van der Waals surface area (Å²) in [4.78, 5) is 25.1. The zero-order chi connectivity index (χ0) is 18.2. The quantitative estimate of drug-likeness (QED) is 0.723. The zero-order valence-electron chi connectivity index (χ0n) is 14.5. The molecule has 0 saturated heterocycles. The van der Waals surface area contributed by atoms with Gasteiger partial charge in [-0.05, 0) is 42.0 Å². The number of carbonyl (C=O) groups excluding carboxylic acids is 2. The summed E-state index contributed by atoms with van der Waals surface area (Å²) in [6.07, 6.45) is 0. The van der Waals surface area contributed by atoms with E-state index in [1.54, 1.807) is 67.6 Å². The van der Waals surface area contributed by atoms with E-state index in [-0.39, 0.29) is 18.5 Å². The van der Waals surface area contributed by atoms with Crippen LogP contribution in [0.15, 0.2) is 48.5 Å². The summed E-state index contributed by atoms with van der Waals surface area (Å²) in [6, 6.07) is 14.0. The van der Waals surface area contributed by atoms with E-state index in [1.807, 2.05) is 0 Å². The Labute approximate surface area is 146 Å². The van der Waals surface area contributed by atoms with Gasteiger partial charge in [-0.1, -0.05) is 12.1 Å². The van der Waals surface area contributed by atoms with Gasteiger partial charge in [0, 0.05) is 13.6 Å². The third kappa shape index (κ3) is 5.24. The molecule has 0 aliphatic rings. The van der Waals surface area contributed by atoms with Crippen molar-refractivity contribution in [3.05, 3.63) is 59.7 Å². The number of nitrogens with zero attached hydrogens (tertiary/aromatic N) is 1. The average molecular weight is 343 g/mol. The van der Waals surface area contributed by atoms with E-state index in [0.29, 0.717) is 17.9 Å². The number of methoxy groups -OCH3 is 2. The number of amides is 1. The number of hydrogen-bond acceptors (Lipinski definition) is 5. The molecule has 0 N–H and O–H groups in total. The van der Waals surface area contributed by atoms with Crippen molar-refractivity contribution in [2.24, 2.45) is 0 Å². The molecule has 132 valence electrons. The van der Waals surface area contributed by atoms with Crippen LogP contribution in [0.1, 0.15) is 15.9 Å². The van der Waals surface area contributed by atoms with Crippen LogP contribution in [0.5, 0.6) is 11.5 Å². The van der Waals surface area contributed by atoms with Gasteiger partial charge in [-0.3, -0.25) is 4.79 Å². The largest absolute Gasteiger partial charge is 0.497 e. The molecule has 2 rings (SSSR count). The third-order valence-electron chi connectivity index (χ3n) is 3.64. The first-order valence-corrected chi connectivity index (χ1v) is 7.71. The van der Waals surface area contributed by atoms with E-state index in [0.717, 1.165) is 11.3 Å². The minimum absolute atomic E-state index is 0.0525. The molecule has 6 heteroatoms. The van der Waals surface area contributed by atoms with Gasteiger partial charge < -0.3 is 19.1 Å². The van der Waals surface area contributed by atoms with E-state index >= 15 is 0 Å². The van der Waals surface area contributed by atoms with Gasteiger partial charge in [0.25, 0.3) is 5.91 Å². The monoisotopic (exact) mass is 343 g/mol. The lowest BCUT2D eigenvalue weighted by atomic mass is 10.1. The van der Waals surface area contributed by atoms with Crippen molar-refractivity contribution in [1.29, 1.82) is 0 Å². The summed E-state index contributed by atoms with van der Waals surface area (Å²) in [7, 11) is 4.63. The second-order valence-electron chi connectivity index (χ2n) is 5.40. The highest BCUT2D eigenvalue weighted by atomic mass is 16.5.